The van der Waals surface area contributed by atoms with Crippen LogP contribution in [0.4, 0.5) is 5.69 Å². The Morgan fingerprint density at radius 2 is 1.73 bits per heavy atom. The molecule has 5 nitrogen and oxygen atoms in total. The molecule has 0 aliphatic carbocycles. The van der Waals surface area contributed by atoms with Crippen LogP contribution < -0.4 is 14.8 Å². The molecule has 2 aliphatic rings. The summed E-state index contributed by atoms with van der Waals surface area (Å²) in [6.45, 7) is 10.5. The van der Waals surface area contributed by atoms with Crippen molar-refractivity contribution in [3.05, 3.63) is 52.6 Å². The lowest BCUT2D eigenvalue weighted by molar-refractivity contribution is -0.121. The molecule has 0 aromatic heterocycles. The van der Waals surface area contributed by atoms with Gasteiger partial charge in [0.15, 0.2) is 11.5 Å². The number of carbonyl (C=O) groups excluding carboxylic acids is 1. The number of anilines is 1. The first-order valence-electron chi connectivity index (χ1n) is 11.0. The number of ether oxygens (including phenoxy) is 2. The number of aryl methyl sites for hydroxylation is 3. The molecule has 4 rings (SSSR count). The van der Waals surface area contributed by atoms with Crippen molar-refractivity contribution in [1.29, 1.82) is 0 Å². The Labute approximate surface area is 179 Å². The van der Waals surface area contributed by atoms with Crippen LogP contribution in [0.25, 0.3) is 0 Å². The van der Waals surface area contributed by atoms with E-state index in [1.165, 1.54) is 11.1 Å². The van der Waals surface area contributed by atoms with Gasteiger partial charge in [0.2, 0.25) is 5.91 Å². The summed E-state index contributed by atoms with van der Waals surface area (Å²) in [5.74, 6) is 1.68. The highest BCUT2D eigenvalue weighted by molar-refractivity contribution is 5.96. The minimum atomic E-state index is -0.214. The van der Waals surface area contributed by atoms with E-state index in [2.05, 4.69) is 55.3 Å². The van der Waals surface area contributed by atoms with Crippen LogP contribution in [0.3, 0.4) is 0 Å². The first-order chi connectivity index (χ1) is 14.4. The Morgan fingerprint density at radius 3 is 2.47 bits per heavy atom. The van der Waals surface area contributed by atoms with Crippen LogP contribution in [-0.4, -0.2) is 36.6 Å². The van der Waals surface area contributed by atoms with Crippen LogP contribution in [0.5, 0.6) is 11.5 Å². The fraction of sp³-hybridized carbons (Fsp3) is 0.480. The van der Waals surface area contributed by atoms with Gasteiger partial charge in [-0.2, -0.15) is 0 Å². The van der Waals surface area contributed by atoms with Gasteiger partial charge in [0.05, 0.1) is 19.3 Å². The minimum absolute atomic E-state index is 0.0475. The Hall–Kier alpha value is -2.53. The molecule has 1 fully saturated rings. The largest absolute Gasteiger partial charge is 0.490 e. The Balaban J connectivity index is 1.52. The van der Waals surface area contributed by atoms with Crippen molar-refractivity contribution in [1.82, 2.24) is 4.90 Å². The van der Waals surface area contributed by atoms with Crippen LogP contribution in [0, 0.1) is 20.8 Å². The van der Waals surface area contributed by atoms with E-state index in [0.29, 0.717) is 13.2 Å². The third-order valence-corrected chi connectivity index (χ3v) is 6.25. The zero-order valence-corrected chi connectivity index (χ0v) is 18.5. The first-order valence-corrected chi connectivity index (χ1v) is 11.0. The summed E-state index contributed by atoms with van der Waals surface area (Å²) in [6.07, 6.45) is 3.02. The quantitative estimate of drug-likeness (QED) is 0.779. The number of benzene rings is 2. The van der Waals surface area contributed by atoms with Gasteiger partial charge in [-0.1, -0.05) is 23.8 Å². The lowest BCUT2D eigenvalue weighted by Gasteiger charge is -2.30. The van der Waals surface area contributed by atoms with Crippen molar-refractivity contribution in [3.8, 4) is 11.5 Å². The van der Waals surface area contributed by atoms with Crippen molar-refractivity contribution < 1.29 is 14.3 Å². The number of amides is 1. The minimum Gasteiger partial charge on any atom is -0.490 e. The monoisotopic (exact) mass is 408 g/mol. The number of carbonyl (C=O) groups is 1. The van der Waals surface area contributed by atoms with Gasteiger partial charge >= 0.3 is 0 Å². The summed E-state index contributed by atoms with van der Waals surface area (Å²) < 4.78 is 11.7. The van der Waals surface area contributed by atoms with Gasteiger partial charge in [-0.3, -0.25) is 9.69 Å². The van der Waals surface area contributed by atoms with Gasteiger partial charge < -0.3 is 14.8 Å². The number of fused-ring (bicyclic) bond motifs is 1. The number of likely N-dealkylation sites (tertiary alicyclic amines) is 1. The Kier molecular flexibility index (Phi) is 6.00. The maximum atomic E-state index is 13.1. The molecule has 5 heteroatoms. The molecule has 0 bridgehead atoms. The van der Waals surface area contributed by atoms with E-state index in [4.69, 9.17) is 9.47 Å². The van der Waals surface area contributed by atoms with E-state index in [1.54, 1.807) is 0 Å². The second-order valence-electron chi connectivity index (χ2n) is 8.59. The van der Waals surface area contributed by atoms with Gasteiger partial charge in [-0.15, -0.1) is 0 Å². The van der Waals surface area contributed by atoms with E-state index >= 15 is 0 Å². The topological polar surface area (TPSA) is 50.8 Å². The Bertz CT molecular complexity index is 917. The lowest BCUT2D eigenvalue weighted by Crippen LogP contribution is -2.41. The van der Waals surface area contributed by atoms with Gasteiger partial charge in [-0.05, 0) is 75.9 Å². The molecule has 30 heavy (non-hydrogen) atoms. The van der Waals surface area contributed by atoms with Gasteiger partial charge in [0, 0.05) is 18.2 Å². The molecule has 1 saturated heterocycles. The van der Waals surface area contributed by atoms with Gasteiger partial charge in [0.1, 0.15) is 0 Å². The highest BCUT2D eigenvalue weighted by Gasteiger charge is 2.33. The number of nitrogens with zero attached hydrogens (tertiary/aromatic N) is 1. The predicted octanol–water partition coefficient (Wildman–Crippen LogP) is 4.94. The molecule has 2 heterocycles. The van der Waals surface area contributed by atoms with Crippen molar-refractivity contribution in [2.24, 2.45) is 0 Å². The van der Waals surface area contributed by atoms with Gasteiger partial charge in [0.25, 0.3) is 0 Å². The predicted molar refractivity (Wildman–Crippen MR) is 119 cm³/mol. The molecule has 0 radical (unpaired) electrons. The van der Waals surface area contributed by atoms with Crippen LogP contribution in [0.2, 0.25) is 0 Å². The molecule has 0 saturated carbocycles. The summed E-state index contributed by atoms with van der Waals surface area (Å²) in [4.78, 5) is 15.5. The summed E-state index contributed by atoms with van der Waals surface area (Å²) in [5.41, 5.74) is 5.55. The zero-order valence-electron chi connectivity index (χ0n) is 18.5. The summed E-state index contributed by atoms with van der Waals surface area (Å²) >= 11 is 0. The molecule has 0 spiro atoms. The van der Waals surface area contributed by atoms with E-state index in [1.807, 2.05) is 13.0 Å². The van der Waals surface area contributed by atoms with Crippen molar-refractivity contribution >= 4 is 11.6 Å². The molecular weight excluding hydrogens is 376 g/mol. The second-order valence-corrected chi connectivity index (χ2v) is 8.59. The number of nitrogens with one attached hydrogen (secondary N) is 1. The molecule has 2 atom stereocenters. The van der Waals surface area contributed by atoms with Crippen molar-refractivity contribution in [3.63, 3.8) is 0 Å². The highest BCUT2D eigenvalue weighted by Crippen LogP contribution is 2.39. The number of rotatable bonds is 4. The molecule has 2 aromatic carbocycles. The fourth-order valence-electron chi connectivity index (χ4n) is 4.75. The second kappa shape index (κ2) is 8.68. The van der Waals surface area contributed by atoms with Crippen molar-refractivity contribution in [2.75, 3.05) is 25.1 Å². The lowest BCUT2D eigenvalue weighted by atomic mass is 10.0. The number of hydrogen-bond donors (Lipinski definition) is 1. The van der Waals surface area contributed by atoms with Crippen LogP contribution in [0.1, 0.15) is 54.5 Å². The number of hydrogen-bond acceptors (Lipinski definition) is 4. The third-order valence-electron chi connectivity index (χ3n) is 6.25. The van der Waals surface area contributed by atoms with E-state index in [-0.39, 0.29) is 18.0 Å². The zero-order chi connectivity index (χ0) is 21.3. The molecule has 2 aromatic rings. The Morgan fingerprint density at radius 1 is 1.03 bits per heavy atom. The van der Waals surface area contributed by atoms with Crippen LogP contribution in [-0.2, 0) is 4.79 Å². The van der Waals surface area contributed by atoms with Crippen LogP contribution in [0.15, 0.2) is 30.3 Å². The molecular formula is C25H32N2O3. The average molecular weight is 409 g/mol. The molecule has 1 amide bonds. The van der Waals surface area contributed by atoms with E-state index < -0.39 is 0 Å². The fourth-order valence-corrected chi connectivity index (χ4v) is 4.75. The molecule has 1 N–H and O–H groups in total. The molecule has 2 aliphatic heterocycles. The van der Waals surface area contributed by atoms with Crippen LogP contribution >= 0.6 is 0 Å². The first kappa shape index (κ1) is 20.7. The van der Waals surface area contributed by atoms with E-state index in [9.17, 15) is 4.79 Å². The third kappa shape index (κ3) is 4.17. The summed E-state index contributed by atoms with van der Waals surface area (Å²) in [7, 11) is 0. The maximum absolute atomic E-state index is 13.1. The van der Waals surface area contributed by atoms with Gasteiger partial charge in [-0.25, -0.2) is 0 Å². The normalized spacial score (nSPS) is 19.9. The molecule has 0 unspecified atom stereocenters. The SMILES string of the molecule is Cc1cc(C)c(NC(=O)[C@H](C)N2CCC[C@@H]2c2ccc3c(c2)OCCCO3)c(C)c1. The summed E-state index contributed by atoms with van der Waals surface area (Å²) in [6, 6.07) is 10.5. The standard InChI is InChI=1S/C25H32N2O3/c1-16-13-17(2)24(18(3)14-16)26-25(28)19(4)27-10-5-7-21(27)20-8-9-22-23(15-20)30-12-6-11-29-22/h8-9,13-15,19,21H,5-7,10-12H2,1-4H3,(H,26,28)/t19-,21+/m0/s1. The smallest absolute Gasteiger partial charge is 0.241 e. The maximum Gasteiger partial charge on any atom is 0.241 e. The highest BCUT2D eigenvalue weighted by atomic mass is 16.5. The van der Waals surface area contributed by atoms with Crippen molar-refractivity contribution in [2.45, 2.75) is 59.0 Å². The average Bonchev–Trinajstić information content (AvgIpc) is 3.08. The van der Waals surface area contributed by atoms with E-state index in [0.717, 1.165) is 54.1 Å². The summed E-state index contributed by atoms with van der Waals surface area (Å²) in [5, 5.41) is 3.19. The molecule has 160 valence electrons.